The van der Waals surface area contributed by atoms with Crippen molar-refractivity contribution in [3.8, 4) is 0 Å². The predicted octanol–water partition coefficient (Wildman–Crippen LogP) is 1.22. The largest absolute Gasteiger partial charge is 0.476 e. The number of rotatable bonds is 5. The molecule has 0 saturated heterocycles. The molecule has 0 radical (unpaired) electrons. The molecule has 0 atom stereocenters. The molecule has 0 spiro atoms. The monoisotopic (exact) mass is 298 g/mol. The molecule has 0 unspecified atom stereocenters. The van der Waals surface area contributed by atoms with Gasteiger partial charge in [0.2, 0.25) is 10.0 Å². The van der Waals surface area contributed by atoms with Gasteiger partial charge < -0.3 is 5.11 Å². The number of thiazole rings is 1. The molecule has 2 rings (SSSR count). The lowest BCUT2D eigenvalue weighted by Crippen LogP contribution is -2.26. The number of halogens is 2. The Bertz CT molecular complexity index is 580. The van der Waals surface area contributed by atoms with E-state index < -0.39 is 32.9 Å². The lowest BCUT2D eigenvalue weighted by Gasteiger charge is -2.07. The molecule has 1 aliphatic carbocycles. The van der Waals surface area contributed by atoms with Gasteiger partial charge in [0, 0.05) is 5.38 Å². The second kappa shape index (κ2) is 4.12. The van der Waals surface area contributed by atoms with E-state index in [9.17, 15) is 22.0 Å². The third kappa shape index (κ3) is 2.43. The number of aromatic nitrogens is 1. The van der Waals surface area contributed by atoms with E-state index >= 15 is 0 Å². The van der Waals surface area contributed by atoms with E-state index in [1.807, 2.05) is 0 Å². The maximum Gasteiger partial charge on any atom is 0.385 e. The number of hydrogen-bond acceptors (Lipinski definition) is 5. The van der Waals surface area contributed by atoms with Crippen LogP contribution in [0.1, 0.15) is 18.5 Å². The third-order valence-corrected chi connectivity index (χ3v) is 5.00. The van der Waals surface area contributed by atoms with Crippen LogP contribution in [0.4, 0.5) is 13.9 Å². The van der Waals surface area contributed by atoms with Crippen LogP contribution >= 0.6 is 11.3 Å². The third-order valence-electron chi connectivity index (χ3n) is 2.29. The molecule has 18 heavy (non-hydrogen) atoms. The standard InChI is InChI=1S/C8H8F2N2O4S2/c9-8(10,6(13)14)5-3-17-7(11-5)12-18(15,16)4-1-2-4/h3-4H,1-2H2,(H,11,12)(H,13,14). The fourth-order valence-electron chi connectivity index (χ4n) is 1.16. The van der Waals surface area contributed by atoms with Gasteiger partial charge in [0.25, 0.3) is 0 Å². The van der Waals surface area contributed by atoms with Gasteiger partial charge in [-0.3, -0.25) is 4.72 Å². The quantitative estimate of drug-likeness (QED) is 0.852. The van der Waals surface area contributed by atoms with Gasteiger partial charge in [-0.2, -0.15) is 8.78 Å². The number of anilines is 1. The van der Waals surface area contributed by atoms with Crippen LogP contribution in [0.2, 0.25) is 0 Å². The van der Waals surface area contributed by atoms with Crippen LogP contribution in [-0.2, 0) is 20.7 Å². The Hall–Kier alpha value is -1.29. The summed E-state index contributed by atoms with van der Waals surface area (Å²) >= 11 is 0.621. The van der Waals surface area contributed by atoms with Crippen LogP contribution < -0.4 is 4.72 Å². The summed E-state index contributed by atoms with van der Waals surface area (Å²) in [5.41, 5.74) is -0.978. The molecule has 0 amide bonds. The highest BCUT2D eigenvalue weighted by Crippen LogP contribution is 2.33. The van der Waals surface area contributed by atoms with Gasteiger partial charge in [-0.25, -0.2) is 18.2 Å². The Morgan fingerprint density at radius 3 is 2.67 bits per heavy atom. The van der Waals surface area contributed by atoms with Crippen molar-refractivity contribution in [3.63, 3.8) is 0 Å². The molecule has 0 bridgehead atoms. The van der Waals surface area contributed by atoms with E-state index in [0.29, 0.717) is 24.2 Å². The lowest BCUT2D eigenvalue weighted by molar-refractivity contribution is -0.166. The van der Waals surface area contributed by atoms with Gasteiger partial charge in [0.15, 0.2) is 5.13 Å². The smallest absolute Gasteiger partial charge is 0.385 e. The summed E-state index contributed by atoms with van der Waals surface area (Å²) in [6, 6.07) is 0. The van der Waals surface area contributed by atoms with Gasteiger partial charge in [-0.05, 0) is 12.8 Å². The van der Waals surface area contributed by atoms with Gasteiger partial charge in [-0.1, -0.05) is 0 Å². The fraction of sp³-hybridized carbons (Fsp3) is 0.500. The molecule has 1 aliphatic rings. The number of carboxylic acid groups (broad SMARTS) is 1. The number of alkyl halides is 2. The highest BCUT2D eigenvalue weighted by atomic mass is 32.2. The number of nitrogens with zero attached hydrogens (tertiary/aromatic N) is 1. The van der Waals surface area contributed by atoms with Gasteiger partial charge in [0.1, 0.15) is 5.69 Å². The Kier molecular flexibility index (Phi) is 3.01. The molecule has 1 saturated carbocycles. The minimum Gasteiger partial charge on any atom is -0.476 e. The van der Waals surface area contributed by atoms with Gasteiger partial charge in [-0.15, -0.1) is 11.3 Å². The first-order valence-corrected chi connectivity index (χ1v) is 7.25. The first kappa shape index (κ1) is 13.1. The van der Waals surface area contributed by atoms with Crippen LogP contribution in [0.15, 0.2) is 5.38 Å². The first-order valence-electron chi connectivity index (χ1n) is 4.82. The maximum atomic E-state index is 13.1. The maximum absolute atomic E-state index is 13.1. The Labute approximate surface area is 105 Å². The van der Waals surface area contributed by atoms with Crippen molar-refractivity contribution >= 4 is 32.5 Å². The van der Waals surface area contributed by atoms with Crippen molar-refractivity contribution in [2.45, 2.75) is 24.0 Å². The van der Waals surface area contributed by atoms with Crippen LogP contribution in [0.25, 0.3) is 0 Å². The van der Waals surface area contributed by atoms with E-state index in [4.69, 9.17) is 5.11 Å². The van der Waals surface area contributed by atoms with Crippen LogP contribution in [0.5, 0.6) is 0 Å². The number of nitrogens with one attached hydrogen (secondary N) is 1. The van der Waals surface area contributed by atoms with Crippen LogP contribution in [0.3, 0.4) is 0 Å². The molecular formula is C8H8F2N2O4S2. The Morgan fingerprint density at radius 1 is 1.56 bits per heavy atom. The van der Waals surface area contributed by atoms with Gasteiger partial charge >= 0.3 is 11.9 Å². The number of hydrogen-bond donors (Lipinski definition) is 2. The van der Waals surface area contributed by atoms with Crippen molar-refractivity contribution in [2.24, 2.45) is 0 Å². The summed E-state index contributed by atoms with van der Waals surface area (Å²) in [7, 11) is -3.59. The zero-order valence-electron chi connectivity index (χ0n) is 8.76. The second-order valence-electron chi connectivity index (χ2n) is 3.76. The highest BCUT2D eigenvalue weighted by Gasteiger charge is 2.44. The normalized spacial score (nSPS) is 16.6. The van der Waals surface area contributed by atoms with E-state index in [1.165, 1.54) is 0 Å². The van der Waals surface area contributed by atoms with Crippen molar-refractivity contribution < 1.29 is 27.1 Å². The zero-order chi connectivity index (χ0) is 13.6. The molecule has 0 aliphatic heterocycles. The molecule has 100 valence electrons. The zero-order valence-corrected chi connectivity index (χ0v) is 10.4. The highest BCUT2D eigenvalue weighted by molar-refractivity contribution is 7.93. The summed E-state index contributed by atoms with van der Waals surface area (Å²) in [6.07, 6.45) is 1.05. The van der Waals surface area contributed by atoms with Crippen LogP contribution in [0, 0.1) is 0 Å². The summed E-state index contributed by atoms with van der Waals surface area (Å²) in [6.45, 7) is 0. The molecule has 1 aromatic rings. The second-order valence-corrected chi connectivity index (χ2v) is 6.58. The molecule has 10 heteroatoms. The van der Waals surface area contributed by atoms with E-state index in [2.05, 4.69) is 9.71 Å². The molecule has 1 fully saturated rings. The average molecular weight is 298 g/mol. The first-order chi connectivity index (χ1) is 8.23. The minimum absolute atomic E-state index is 0.252. The predicted molar refractivity (Wildman–Crippen MR) is 59.2 cm³/mol. The number of carboxylic acids is 1. The topological polar surface area (TPSA) is 96.4 Å². The summed E-state index contributed by atoms with van der Waals surface area (Å²) in [4.78, 5) is 13.6. The van der Waals surface area contributed by atoms with Crippen molar-refractivity contribution in [2.75, 3.05) is 4.72 Å². The van der Waals surface area contributed by atoms with Crippen molar-refractivity contribution in [3.05, 3.63) is 11.1 Å². The van der Waals surface area contributed by atoms with Gasteiger partial charge in [0.05, 0.1) is 5.25 Å². The number of aliphatic carboxylic acids is 1. The van der Waals surface area contributed by atoms with E-state index in [0.717, 1.165) is 5.38 Å². The SMILES string of the molecule is O=C(O)C(F)(F)c1csc(NS(=O)(=O)C2CC2)n1. The molecule has 0 aromatic carbocycles. The molecule has 6 nitrogen and oxygen atoms in total. The summed E-state index contributed by atoms with van der Waals surface area (Å²) in [5, 5.41) is 8.37. The Morgan fingerprint density at radius 2 is 2.17 bits per heavy atom. The van der Waals surface area contributed by atoms with Crippen LogP contribution in [-0.4, -0.2) is 29.7 Å². The van der Waals surface area contributed by atoms with Crippen molar-refractivity contribution in [1.82, 2.24) is 4.98 Å². The lowest BCUT2D eigenvalue weighted by atomic mass is 10.3. The molecule has 1 aromatic heterocycles. The summed E-state index contributed by atoms with van der Waals surface area (Å²) in [5.74, 6) is -6.45. The molecule has 1 heterocycles. The average Bonchev–Trinajstić information content (AvgIpc) is 3.00. The number of carbonyl (C=O) groups is 1. The number of sulfonamides is 1. The molecular weight excluding hydrogens is 290 g/mol. The summed E-state index contributed by atoms with van der Waals surface area (Å²) < 4.78 is 51.2. The fourth-order valence-corrected chi connectivity index (χ4v) is 3.49. The minimum atomic E-state index is -4.13. The van der Waals surface area contributed by atoms with E-state index in [1.54, 1.807) is 0 Å². The van der Waals surface area contributed by atoms with Crippen molar-refractivity contribution in [1.29, 1.82) is 0 Å². The molecule has 2 N–H and O–H groups in total. The Balaban J connectivity index is 2.18. The van der Waals surface area contributed by atoms with E-state index in [-0.39, 0.29) is 5.13 Å².